The van der Waals surface area contributed by atoms with Gasteiger partial charge in [0.1, 0.15) is 35.6 Å². The van der Waals surface area contributed by atoms with Gasteiger partial charge in [-0.1, -0.05) is 23.2 Å². The van der Waals surface area contributed by atoms with Crippen molar-refractivity contribution >= 4 is 57.5 Å². The van der Waals surface area contributed by atoms with Gasteiger partial charge in [-0.2, -0.15) is 0 Å². The van der Waals surface area contributed by atoms with Crippen molar-refractivity contribution in [3.63, 3.8) is 0 Å². The number of aromatic amines is 1. The topological polar surface area (TPSA) is 144 Å². The molecule has 0 amide bonds. The highest BCUT2D eigenvalue weighted by atomic mass is 35.5. The van der Waals surface area contributed by atoms with Gasteiger partial charge in [-0.15, -0.1) is 0 Å². The number of hydrogen-bond donors (Lipinski definition) is 4. The summed E-state index contributed by atoms with van der Waals surface area (Å²) in [5, 5.41) is 3.80. The average molecular weight is 388 g/mol. The first kappa shape index (κ1) is 16.3. The highest BCUT2D eigenvalue weighted by Gasteiger charge is 2.17. The molecule has 11 heteroatoms. The zero-order valence-electron chi connectivity index (χ0n) is 13.0. The third-order valence-electron chi connectivity index (χ3n) is 3.52. The number of halogens is 2. The summed E-state index contributed by atoms with van der Waals surface area (Å²) in [7, 11) is 0. The van der Waals surface area contributed by atoms with E-state index in [1.54, 1.807) is 18.2 Å². The maximum atomic E-state index is 6.28. The van der Waals surface area contributed by atoms with Crippen LogP contribution in [0.1, 0.15) is 0 Å². The van der Waals surface area contributed by atoms with E-state index in [9.17, 15) is 0 Å². The lowest BCUT2D eigenvalue weighted by atomic mass is 10.2. The van der Waals surface area contributed by atoms with Crippen LogP contribution in [0.15, 0.2) is 30.9 Å². The fourth-order valence-electron chi connectivity index (χ4n) is 2.42. The number of anilines is 4. The minimum absolute atomic E-state index is 0.332. The molecule has 4 rings (SSSR count). The number of rotatable bonds is 3. The van der Waals surface area contributed by atoms with Crippen molar-refractivity contribution in [3.05, 3.63) is 40.9 Å². The Morgan fingerprint density at radius 3 is 2.38 bits per heavy atom. The molecule has 0 saturated heterocycles. The molecule has 0 fully saturated rings. The first-order valence-electron chi connectivity index (χ1n) is 7.31. The summed E-state index contributed by atoms with van der Waals surface area (Å²) in [5.74, 6) is 1.73. The Bertz CT molecular complexity index is 1100. The molecule has 0 atom stereocenters. The third kappa shape index (κ3) is 2.93. The van der Waals surface area contributed by atoms with Gasteiger partial charge in [0.15, 0.2) is 11.5 Å². The summed E-state index contributed by atoms with van der Waals surface area (Å²) < 4.78 is 0. The highest BCUT2D eigenvalue weighted by molar-refractivity contribution is 6.39. The Morgan fingerprint density at radius 1 is 0.923 bits per heavy atom. The molecule has 0 aliphatic carbocycles. The van der Waals surface area contributed by atoms with Crippen LogP contribution in [0.4, 0.5) is 23.1 Å². The van der Waals surface area contributed by atoms with Crippen molar-refractivity contribution in [1.29, 1.82) is 0 Å². The molecule has 1 aromatic carbocycles. The van der Waals surface area contributed by atoms with Gasteiger partial charge in [-0.25, -0.2) is 24.9 Å². The van der Waals surface area contributed by atoms with Crippen molar-refractivity contribution in [1.82, 2.24) is 29.9 Å². The third-order valence-corrected chi connectivity index (χ3v) is 4.12. The normalized spacial score (nSPS) is 11.0. The molecule has 0 bridgehead atoms. The summed E-state index contributed by atoms with van der Waals surface area (Å²) in [5.41, 5.74) is 13.4. The molecule has 0 radical (unpaired) electrons. The number of imidazole rings is 1. The van der Waals surface area contributed by atoms with Gasteiger partial charge in [0.2, 0.25) is 0 Å². The molecular weight excluding hydrogens is 377 g/mol. The number of aromatic nitrogens is 6. The second kappa shape index (κ2) is 6.28. The Balaban J connectivity index is 1.81. The molecule has 3 aromatic heterocycles. The van der Waals surface area contributed by atoms with Crippen LogP contribution in [0.25, 0.3) is 22.6 Å². The smallest absolute Gasteiger partial charge is 0.183 e. The van der Waals surface area contributed by atoms with Gasteiger partial charge in [-0.3, -0.25) is 0 Å². The monoisotopic (exact) mass is 387 g/mol. The summed E-state index contributed by atoms with van der Waals surface area (Å²) in [6, 6.07) is 4.79. The first-order chi connectivity index (χ1) is 12.5. The van der Waals surface area contributed by atoms with E-state index in [-0.39, 0.29) is 0 Å². The minimum atomic E-state index is 0.332. The van der Waals surface area contributed by atoms with E-state index in [1.807, 2.05) is 0 Å². The molecule has 0 saturated carbocycles. The van der Waals surface area contributed by atoms with E-state index < -0.39 is 0 Å². The number of nitrogen functional groups attached to an aromatic ring is 2. The molecular formula is C15H11Cl2N9. The second-order valence-electron chi connectivity index (χ2n) is 5.32. The predicted molar refractivity (Wildman–Crippen MR) is 101 cm³/mol. The van der Waals surface area contributed by atoms with E-state index in [1.165, 1.54) is 12.7 Å². The Morgan fingerprint density at radius 2 is 1.65 bits per heavy atom. The number of H-pyrrole nitrogens is 1. The van der Waals surface area contributed by atoms with Gasteiger partial charge < -0.3 is 21.8 Å². The molecule has 4 aromatic rings. The molecule has 3 heterocycles. The number of fused-ring (bicyclic) bond motifs is 1. The zero-order chi connectivity index (χ0) is 18.3. The van der Waals surface area contributed by atoms with Crippen molar-refractivity contribution in [2.24, 2.45) is 0 Å². The summed E-state index contributed by atoms with van der Waals surface area (Å²) in [4.78, 5) is 23.9. The maximum absolute atomic E-state index is 6.28. The molecule has 0 aliphatic rings. The van der Waals surface area contributed by atoms with E-state index in [4.69, 9.17) is 34.7 Å². The van der Waals surface area contributed by atoms with Gasteiger partial charge in [0.25, 0.3) is 0 Å². The van der Waals surface area contributed by atoms with Crippen LogP contribution in [0.3, 0.4) is 0 Å². The van der Waals surface area contributed by atoms with Crippen LogP contribution >= 0.6 is 23.2 Å². The molecule has 0 aliphatic heterocycles. The largest absolute Gasteiger partial charge is 0.399 e. The summed E-state index contributed by atoms with van der Waals surface area (Å²) >= 11 is 12.6. The van der Waals surface area contributed by atoms with Crippen LogP contribution < -0.4 is 16.8 Å². The number of benzene rings is 1. The van der Waals surface area contributed by atoms with Crippen LogP contribution in [0, 0.1) is 0 Å². The lowest BCUT2D eigenvalue weighted by molar-refractivity contribution is 1.15. The van der Waals surface area contributed by atoms with Gasteiger partial charge in [0, 0.05) is 11.8 Å². The Hall–Kier alpha value is -3.17. The van der Waals surface area contributed by atoms with Crippen molar-refractivity contribution in [2.45, 2.75) is 0 Å². The quantitative estimate of drug-likeness (QED) is 0.392. The SMILES string of the molecule is Nc1cc(Cl)c(-c2nc3ncnc(Nc4cc(N)ncn4)c3[nH]2)c(Cl)c1. The van der Waals surface area contributed by atoms with E-state index in [2.05, 4.69) is 35.2 Å². The number of hydrogen-bond acceptors (Lipinski definition) is 8. The van der Waals surface area contributed by atoms with Crippen LogP contribution in [-0.4, -0.2) is 29.9 Å². The van der Waals surface area contributed by atoms with Crippen LogP contribution in [0.5, 0.6) is 0 Å². The minimum Gasteiger partial charge on any atom is -0.399 e. The molecule has 26 heavy (non-hydrogen) atoms. The highest BCUT2D eigenvalue weighted by Crippen LogP contribution is 2.36. The molecule has 0 spiro atoms. The lowest BCUT2D eigenvalue weighted by Gasteiger charge is -2.06. The molecule has 0 unspecified atom stereocenters. The Labute approximate surface area is 156 Å². The molecule has 9 nitrogen and oxygen atoms in total. The maximum Gasteiger partial charge on any atom is 0.183 e. The first-order valence-corrected chi connectivity index (χ1v) is 8.07. The predicted octanol–water partition coefficient (Wildman–Crippen LogP) is 3.02. The molecule has 130 valence electrons. The van der Waals surface area contributed by atoms with Gasteiger partial charge >= 0.3 is 0 Å². The second-order valence-corrected chi connectivity index (χ2v) is 6.13. The van der Waals surface area contributed by atoms with Gasteiger partial charge in [0.05, 0.1) is 15.6 Å². The summed E-state index contributed by atoms with van der Waals surface area (Å²) in [6.45, 7) is 0. The Kier molecular flexibility index (Phi) is 3.94. The molecule has 6 N–H and O–H groups in total. The van der Waals surface area contributed by atoms with Crippen molar-refractivity contribution < 1.29 is 0 Å². The standard InChI is InChI=1S/C15H11Cl2N9/c16-7-1-6(18)2-8(17)11(7)13-25-12-14(22-5-23-15(12)26-13)24-10-3-9(19)20-4-21-10/h1-5H,18H2,(H4,19,20,21,22,23,24,25,26). The number of nitrogens with one attached hydrogen (secondary N) is 2. The van der Waals surface area contributed by atoms with Crippen LogP contribution in [-0.2, 0) is 0 Å². The fraction of sp³-hybridized carbons (Fsp3) is 0. The van der Waals surface area contributed by atoms with Crippen molar-refractivity contribution in [3.8, 4) is 11.4 Å². The number of nitrogens with zero attached hydrogens (tertiary/aromatic N) is 5. The lowest BCUT2D eigenvalue weighted by Crippen LogP contribution is -2.00. The summed E-state index contributed by atoms with van der Waals surface area (Å²) in [6.07, 6.45) is 2.73. The van der Waals surface area contributed by atoms with E-state index in [0.29, 0.717) is 55.7 Å². The number of nitrogens with two attached hydrogens (primary N) is 2. The zero-order valence-corrected chi connectivity index (χ0v) is 14.5. The fourth-order valence-corrected chi connectivity index (χ4v) is 3.11. The van der Waals surface area contributed by atoms with E-state index in [0.717, 1.165) is 0 Å². The van der Waals surface area contributed by atoms with Crippen LogP contribution in [0.2, 0.25) is 10.0 Å². The average Bonchev–Trinajstić information content (AvgIpc) is 2.98. The van der Waals surface area contributed by atoms with E-state index >= 15 is 0 Å². The van der Waals surface area contributed by atoms with Gasteiger partial charge in [-0.05, 0) is 12.1 Å². The van der Waals surface area contributed by atoms with Crippen molar-refractivity contribution in [2.75, 3.05) is 16.8 Å².